The van der Waals surface area contributed by atoms with E-state index in [0.29, 0.717) is 22.6 Å². The van der Waals surface area contributed by atoms with Gasteiger partial charge in [-0.05, 0) is 49.4 Å². The quantitative estimate of drug-likeness (QED) is 0.854. The Kier molecular flexibility index (Phi) is 5.53. The standard InChI is InChI=1S/C18H16N2O4/c1-12(17(21)20-15-5-3-4-13(10-15)11-19)24-18(22)14-6-8-16(23-2)9-7-14/h3-10,12H,1-2H3,(H,20,21)/t12-/m1/s1. The normalized spacial score (nSPS) is 11.0. The van der Waals surface area contributed by atoms with Crippen molar-refractivity contribution in [3.05, 3.63) is 59.7 Å². The molecule has 2 aromatic carbocycles. The molecule has 2 aromatic rings. The molecule has 0 aliphatic heterocycles. The van der Waals surface area contributed by atoms with Gasteiger partial charge in [0, 0.05) is 5.69 Å². The molecule has 2 rings (SSSR count). The summed E-state index contributed by atoms with van der Waals surface area (Å²) in [4.78, 5) is 24.1. The van der Waals surface area contributed by atoms with Gasteiger partial charge in [0.1, 0.15) is 5.75 Å². The van der Waals surface area contributed by atoms with E-state index in [0.717, 1.165) is 0 Å². The van der Waals surface area contributed by atoms with Crippen LogP contribution < -0.4 is 10.1 Å². The molecule has 0 bridgehead atoms. The van der Waals surface area contributed by atoms with Gasteiger partial charge in [-0.25, -0.2) is 4.79 Å². The molecule has 6 heteroatoms. The van der Waals surface area contributed by atoms with E-state index in [9.17, 15) is 9.59 Å². The summed E-state index contributed by atoms with van der Waals surface area (Å²) in [5.41, 5.74) is 1.21. The summed E-state index contributed by atoms with van der Waals surface area (Å²) >= 11 is 0. The number of nitrogens with zero attached hydrogens (tertiary/aromatic N) is 1. The van der Waals surface area contributed by atoms with Gasteiger partial charge in [-0.2, -0.15) is 5.26 Å². The lowest BCUT2D eigenvalue weighted by molar-refractivity contribution is -0.123. The molecule has 0 unspecified atom stereocenters. The SMILES string of the molecule is COc1ccc(C(=O)O[C@H](C)C(=O)Nc2cccc(C#N)c2)cc1. The lowest BCUT2D eigenvalue weighted by atomic mass is 10.2. The Balaban J connectivity index is 1.97. The van der Waals surface area contributed by atoms with Crippen molar-refractivity contribution in [2.24, 2.45) is 0 Å². The van der Waals surface area contributed by atoms with Gasteiger partial charge in [-0.3, -0.25) is 4.79 Å². The average molecular weight is 324 g/mol. The molecule has 24 heavy (non-hydrogen) atoms. The minimum atomic E-state index is -0.981. The van der Waals surface area contributed by atoms with E-state index in [1.165, 1.54) is 20.1 Å². The van der Waals surface area contributed by atoms with E-state index in [2.05, 4.69) is 5.32 Å². The van der Waals surface area contributed by atoms with Crippen molar-refractivity contribution in [3.63, 3.8) is 0 Å². The molecule has 0 aliphatic rings. The van der Waals surface area contributed by atoms with Gasteiger partial charge in [-0.1, -0.05) is 6.07 Å². The number of nitriles is 1. The number of anilines is 1. The van der Waals surface area contributed by atoms with Crippen molar-refractivity contribution < 1.29 is 19.1 Å². The molecule has 0 radical (unpaired) electrons. The van der Waals surface area contributed by atoms with Crippen LogP contribution in [0, 0.1) is 11.3 Å². The van der Waals surface area contributed by atoms with Crippen molar-refractivity contribution in [1.82, 2.24) is 0 Å². The first-order valence-electron chi connectivity index (χ1n) is 7.19. The third kappa shape index (κ3) is 4.34. The van der Waals surface area contributed by atoms with Crippen LogP contribution in [0.25, 0.3) is 0 Å². The third-order valence-corrected chi connectivity index (χ3v) is 3.24. The predicted octanol–water partition coefficient (Wildman–Crippen LogP) is 2.75. The highest BCUT2D eigenvalue weighted by atomic mass is 16.5. The summed E-state index contributed by atoms with van der Waals surface area (Å²) < 4.78 is 10.2. The molecule has 0 fully saturated rings. The second-order valence-corrected chi connectivity index (χ2v) is 4.96. The molecule has 6 nitrogen and oxygen atoms in total. The highest BCUT2D eigenvalue weighted by molar-refractivity contribution is 5.97. The molecule has 1 atom stereocenters. The number of amides is 1. The van der Waals surface area contributed by atoms with Gasteiger partial charge in [-0.15, -0.1) is 0 Å². The van der Waals surface area contributed by atoms with Crippen molar-refractivity contribution in [2.45, 2.75) is 13.0 Å². The zero-order valence-electron chi connectivity index (χ0n) is 13.3. The largest absolute Gasteiger partial charge is 0.497 e. The Morgan fingerprint density at radius 3 is 2.50 bits per heavy atom. The van der Waals surface area contributed by atoms with E-state index < -0.39 is 18.0 Å². The minimum Gasteiger partial charge on any atom is -0.497 e. The van der Waals surface area contributed by atoms with Crippen LogP contribution in [0.5, 0.6) is 5.75 Å². The van der Waals surface area contributed by atoms with Crippen molar-refractivity contribution >= 4 is 17.6 Å². The maximum atomic E-state index is 12.1. The van der Waals surface area contributed by atoms with E-state index in [-0.39, 0.29) is 0 Å². The molecular weight excluding hydrogens is 308 g/mol. The number of hydrogen-bond donors (Lipinski definition) is 1. The molecule has 122 valence electrons. The second kappa shape index (κ2) is 7.79. The first kappa shape index (κ1) is 17.0. The molecule has 1 amide bonds. The monoisotopic (exact) mass is 324 g/mol. The van der Waals surface area contributed by atoms with E-state index in [4.69, 9.17) is 14.7 Å². The predicted molar refractivity (Wildman–Crippen MR) is 87.7 cm³/mol. The Hall–Kier alpha value is -3.33. The molecule has 0 saturated carbocycles. The fourth-order valence-corrected chi connectivity index (χ4v) is 1.92. The Labute approximate surface area is 139 Å². The lowest BCUT2D eigenvalue weighted by Crippen LogP contribution is -2.30. The highest BCUT2D eigenvalue weighted by Crippen LogP contribution is 2.14. The summed E-state index contributed by atoms with van der Waals surface area (Å²) in [6.07, 6.45) is -0.981. The Morgan fingerprint density at radius 1 is 1.17 bits per heavy atom. The molecular formula is C18H16N2O4. The van der Waals surface area contributed by atoms with Crippen LogP contribution >= 0.6 is 0 Å². The Bertz CT molecular complexity index is 778. The van der Waals surface area contributed by atoms with Crippen LogP contribution in [0.4, 0.5) is 5.69 Å². The van der Waals surface area contributed by atoms with E-state index in [1.54, 1.807) is 42.5 Å². The number of hydrogen-bond acceptors (Lipinski definition) is 5. The van der Waals surface area contributed by atoms with Gasteiger partial charge in [0.15, 0.2) is 6.10 Å². The number of ether oxygens (including phenoxy) is 2. The Morgan fingerprint density at radius 2 is 1.88 bits per heavy atom. The van der Waals surface area contributed by atoms with Crippen LogP contribution in [-0.4, -0.2) is 25.1 Å². The fraction of sp³-hybridized carbons (Fsp3) is 0.167. The number of nitrogens with one attached hydrogen (secondary N) is 1. The van der Waals surface area contributed by atoms with Crippen molar-refractivity contribution in [2.75, 3.05) is 12.4 Å². The maximum absolute atomic E-state index is 12.1. The average Bonchev–Trinajstić information content (AvgIpc) is 2.61. The molecule has 1 N–H and O–H groups in total. The van der Waals surface area contributed by atoms with Crippen LogP contribution in [0.3, 0.4) is 0 Å². The zero-order chi connectivity index (χ0) is 17.5. The van der Waals surface area contributed by atoms with Gasteiger partial charge in [0.05, 0.1) is 24.3 Å². The van der Waals surface area contributed by atoms with E-state index in [1.807, 2.05) is 6.07 Å². The topological polar surface area (TPSA) is 88.4 Å². The second-order valence-electron chi connectivity index (χ2n) is 4.96. The summed E-state index contributed by atoms with van der Waals surface area (Å²) in [5.74, 6) is -0.465. The number of carbonyl (C=O) groups is 2. The number of methoxy groups -OCH3 is 1. The van der Waals surface area contributed by atoms with Crippen LogP contribution in [0.1, 0.15) is 22.8 Å². The molecule has 0 aliphatic carbocycles. The molecule has 0 heterocycles. The van der Waals surface area contributed by atoms with Crippen molar-refractivity contribution in [1.29, 1.82) is 5.26 Å². The van der Waals surface area contributed by atoms with Crippen LogP contribution in [0.15, 0.2) is 48.5 Å². The molecule has 0 aromatic heterocycles. The number of esters is 1. The van der Waals surface area contributed by atoms with Gasteiger partial charge >= 0.3 is 5.97 Å². The first-order chi connectivity index (χ1) is 11.5. The van der Waals surface area contributed by atoms with Crippen LogP contribution in [0.2, 0.25) is 0 Å². The van der Waals surface area contributed by atoms with E-state index >= 15 is 0 Å². The minimum absolute atomic E-state index is 0.321. The zero-order valence-corrected chi connectivity index (χ0v) is 13.3. The van der Waals surface area contributed by atoms with Gasteiger partial charge in [0.2, 0.25) is 0 Å². The molecule has 0 spiro atoms. The number of benzene rings is 2. The van der Waals surface area contributed by atoms with Crippen molar-refractivity contribution in [3.8, 4) is 11.8 Å². The summed E-state index contributed by atoms with van der Waals surface area (Å²) in [5, 5.41) is 11.5. The number of rotatable bonds is 5. The van der Waals surface area contributed by atoms with Gasteiger partial charge < -0.3 is 14.8 Å². The fourth-order valence-electron chi connectivity index (χ4n) is 1.92. The molecule has 0 saturated heterocycles. The maximum Gasteiger partial charge on any atom is 0.338 e. The summed E-state index contributed by atoms with van der Waals surface area (Å²) in [6.45, 7) is 1.48. The van der Waals surface area contributed by atoms with Crippen LogP contribution in [-0.2, 0) is 9.53 Å². The summed E-state index contributed by atoms with van der Waals surface area (Å²) in [6, 6.07) is 14.8. The summed E-state index contributed by atoms with van der Waals surface area (Å²) in [7, 11) is 1.53. The number of carbonyl (C=O) groups excluding carboxylic acids is 2. The smallest absolute Gasteiger partial charge is 0.338 e. The highest BCUT2D eigenvalue weighted by Gasteiger charge is 2.19. The van der Waals surface area contributed by atoms with Gasteiger partial charge in [0.25, 0.3) is 5.91 Å². The lowest BCUT2D eigenvalue weighted by Gasteiger charge is -2.13. The first-order valence-corrected chi connectivity index (χ1v) is 7.19. The third-order valence-electron chi connectivity index (χ3n) is 3.24.